The molecular formula is C12H20N2O3S. The molecule has 3 unspecified atom stereocenters. The zero-order valence-corrected chi connectivity index (χ0v) is 11.2. The number of thioether (sulfide) groups is 1. The maximum absolute atomic E-state index is 12.4. The summed E-state index contributed by atoms with van der Waals surface area (Å²) in [6, 6.07) is -0.0124. The van der Waals surface area contributed by atoms with Crippen molar-refractivity contribution in [2.45, 2.75) is 37.8 Å². The average Bonchev–Trinajstić information content (AvgIpc) is 2.75. The summed E-state index contributed by atoms with van der Waals surface area (Å²) in [6.07, 6.45) is 2.56. The molecule has 1 aliphatic carbocycles. The number of carbonyl (C=O) groups is 2. The molecule has 1 saturated carbocycles. The van der Waals surface area contributed by atoms with Crippen molar-refractivity contribution in [3.05, 3.63) is 0 Å². The molecule has 0 radical (unpaired) electrons. The lowest BCUT2D eigenvalue weighted by atomic mass is 10.0. The van der Waals surface area contributed by atoms with E-state index in [2.05, 4.69) is 0 Å². The van der Waals surface area contributed by atoms with Crippen LogP contribution in [0.3, 0.4) is 0 Å². The highest BCUT2D eigenvalue weighted by atomic mass is 32.2. The van der Waals surface area contributed by atoms with Gasteiger partial charge in [-0.25, -0.2) is 0 Å². The van der Waals surface area contributed by atoms with Crippen LogP contribution in [0.5, 0.6) is 0 Å². The number of carbonyl (C=O) groups excluding carboxylic acids is 1. The molecule has 0 bridgehead atoms. The Bertz CT molecular complexity index is 337. The molecule has 0 aromatic heterocycles. The second kappa shape index (κ2) is 5.93. The van der Waals surface area contributed by atoms with Gasteiger partial charge in [-0.1, -0.05) is 0 Å². The molecule has 2 rings (SSSR count). The maximum Gasteiger partial charge on any atom is 0.305 e. The molecule has 18 heavy (non-hydrogen) atoms. The lowest BCUT2D eigenvalue weighted by molar-refractivity contribution is -0.142. The molecule has 2 aliphatic rings. The Hall–Kier alpha value is -0.750. The second-order valence-electron chi connectivity index (χ2n) is 5.13. The molecular weight excluding hydrogens is 252 g/mol. The van der Waals surface area contributed by atoms with E-state index in [9.17, 15) is 9.59 Å². The van der Waals surface area contributed by atoms with Gasteiger partial charge in [0, 0.05) is 30.0 Å². The Labute approximate surface area is 111 Å². The smallest absolute Gasteiger partial charge is 0.305 e. The topological polar surface area (TPSA) is 83.6 Å². The van der Waals surface area contributed by atoms with E-state index in [-0.39, 0.29) is 30.3 Å². The Kier molecular flexibility index (Phi) is 4.50. The molecule has 1 aliphatic heterocycles. The molecule has 5 nitrogen and oxygen atoms in total. The van der Waals surface area contributed by atoms with E-state index < -0.39 is 5.97 Å². The minimum Gasteiger partial charge on any atom is -0.481 e. The molecule has 1 amide bonds. The standard InChI is InChI=1S/C12H20N2O3S/c13-9-2-1-8(5-9)12(17)14-3-4-18-7-10(14)6-11(15)16/h8-10H,1-7,13H2,(H,15,16). The van der Waals surface area contributed by atoms with Gasteiger partial charge in [0.15, 0.2) is 0 Å². The molecule has 0 spiro atoms. The van der Waals surface area contributed by atoms with E-state index in [1.807, 2.05) is 0 Å². The molecule has 3 atom stereocenters. The second-order valence-corrected chi connectivity index (χ2v) is 6.28. The molecule has 102 valence electrons. The third-order valence-corrected chi connectivity index (χ3v) is 4.84. The van der Waals surface area contributed by atoms with Crippen LogP contribution in [0.15, 0.2) is 0 Å². The van der Waals surface area contributed by atoms with Gasteiger partial charge in [0.05, 0.1) is 12.5 Å². The van der Waals surface area contributed by atoms with E-state index in [4.69, 9.17) is 10.8 Å². The van der Waals surface area contributed by atoms with E-state index in [1.165, 1.54) is 0 Å². The number of hydrogen-bond donors (Lipinski definition) is 2. The van der Waals surface area contributed by atoms with Crippen molar-refractivity contribution in [2.24, 2.45) is 11.7 Å². The Morgan fingerprint density at radius 3 is 2.78 bits per heavy atom. The first kappa shape index (κ1) is 13.7. The van der Waals surface area contributed by atoms with Crippen LogP contribution in [-0.2, 0) is 9.59 Å². The lowest BCUT2D eigenvalue weighted by Crippen LogP contribution is -2.49. The lowest BCUT2D eigenvalue weighted by Gasteiger charge is -2.36. The summed E-state index contributed by atoms with van der Waals surface area (Å²) >= 11 is 1.73. The maximum atomic E-state index is 12.4. The number of rotatable bonds is 3. The quantitative estimate of drug-likeness (QED) is 0.783. The summed E-state index contributed by atoms with van der Waals surface area (Å²) in [5.74, 6) is 0.939. The number of nitrogens with two attached hydrogens (primary N) is 1. The van der Waals surface area contributed by atoms with Gasteiger partial charge in [-0.15, -0.1) is 0 Å². The van der Waals surface area contributed by atoms with Gasteiger partial charge in [0.1, 0.15) is 0 Å². The number of carboxylic acids is 1. The highest BCUT2D eigenvalue weighted by Gasteiger charge is 2.35. The van der Waals surface area contributed by atoms with E-state index in [0.717, 1.165) is 30.8 Å². The van der Waals surface area contributed by atoms with Gasteiger partial charge in [0.2, 0.25) is 5.91 Å². The summed E-state index contributed by atoms with van der Waals surface area (Å²) in [4.78, 5) is 25.0. The minimum absolute atomic E-state index is 0.0133. The first-order valence-electron chi connectivity index (χ1n) is 6.43. The van der Waals surface area contributed by atoms with Gasteiger partial charge in [-0.3, -0.25) is 9.59 Å². The average molecular weight is 272 g/mol. The molecule has 3 N–H and O–H groups in total. The number of nitrogens with zero attached hydrogens (tertiary/aromatic N) is 1. The fraction of sp³-hybridized carbons (Fsp3) is 0.833. The Morgan fingerprint density at radius 1 is 1.39 bits per heavy atom. The SMILES string of the molecule is NC1CCC(C(=O)N2CCSCC2CC(=O)O)C1. The van der Waals surface area contributed by atoms with Crippen molar-refractivity contribution in [3.63, 3.8) is 0 Å². The van der Waals surface area contributed by atoms with Crippen molar-refractivity contribution in [1.29, 1.82) is 0 Å². The van der Waals surface area contributed by atoms with E-state index in [1.54, 1.807) is 16.7 Å². The number of aliphatic carboxylic acids is 1. The van der Waals surface area contributed by atoms with Gasteiger partial charge in [0.25, 0.3) is 0 Å². The monoisotopic (exact) mass is 272 g/mol. The normalized spacial score (nSPS) is 32.5. The van der Waals surface area contributed by atoms with Crippen LogP contribution in [0.2, 0.25) is 0 Å². The summed E-state index contributed by atoms with van der Waals surface area (Å²) in [7, 11) is 0. The summed E-state index contributed by atoms with van der Waals surface area (Å²) < 4.78 is 0. The largest absolute Gasteiger partial charge is 0.481 e. The Morgan fingerprint density at radius 2 is 2.17 bits per heavy atom. The van der Waals surface area contributed by atoms with Crippen molar-refractivity contribution in [1.82, 2.24) is 4.90 Å². The molecule has 0 aromatic rings. The van der Waals surface area contributed by atoms with Crippen LogP contribution in [0, 0.1) is 5.92 Å². The molecule has 2 fully saturated rings. The van der Waals surface area contributed by atoms with Gasteiger partial charge in [-0.05, 0) is 19.3 Å². The molecule has 6 heteroatoms. The van der Waals surface area contributed by atoms with E-state index >= 15 is 0 Å². The fourth-order valence-electron chi connectivity index (χ4n) is 2.79. The third-order valence-electron chi connectivity index (χ3n) is 3.74. The predicted octanol–water partition coefficient (Wildman–Crippen LogP) is 0.533. The van der Waals surface area contributed by atoms with Gasteiger partial charge in [-0.2, -0.15) is 11.8 Å². The summed E-state index contributed by atoms with van der Waals surface area (Å²) in [5, 5.41) is 8.91. The van der Waals surface area contributed by atoms with Crippen LogP contribution in [0.1, 0.15) is 25.7 Å². The van der Waals surface area contributed by atoms with Crippen molar-refractivity contribution in [2.75, 3.05) is 18.1 Å². The van der Waals surface area contributed by atoms with Gasteiger partial charge < -0.3 is 15.7 Å². The van der Waals surface area contributed by atoms with Crippen LogP contribution >= 0.6 is 11.8 Å². The van der Waals surface area contributed by atoms with Crippen LogP contribution in [0.4, 0.5) is 0 Å². The zero-order chi connectivity index (χ0) is 13.1. The minimum atomic E-state index is -0.830. The first-order valence-corrected chi connectivity index (χ1v) is 7.59. The zero-order valence-electron chi connectivity index (χ0n) is 10.4. The predicted molar refractivity (Wildman–Crippen MR) is 70.4 cm³/mol. The summed E-state index contributed by atoms with van der Waals surface area (Å²) in [5.41, 5.74) is 5.84. The fourth-order valence-corrected chi connectivity index (χ4v) is 3.85. The Balaban J connectivity index is 1.99. The highest BCUT2D eigenvalue weighted by molar-refractivity contribution is 7.99. The number of amides is 1. The van der Waals surface area contributed by atoms with Crippen molar-refractivity contribution in [3.8, 4) is 0 Å². The van der Waals surface area contributed by atoms with Crippen LogP contribution in [0.25, 0.3) is 0 Å². The molecule has 1 saturated heterocycles. The van der Waals surface area contributed by atoms with Crippen LogP contribution < -0.4 is 5.73 Å². The molecule has 0 aromatic carbocycles. The first-order chi connectivity index (χ1) is 8.58. The number of carboxylic acid groups (broad SMARTS) is 1. The van der Waals surface area contributed by atoms with E-state index in [0.29, 0.717) is 6.54 Å². The number of hydrogen-bond acceptors (Lipinski definition) is 4. The van der Waals surface area contributed by atoms with Crippen molar-refractivity contribution < 1.29 is 14.7 Å². The highest BCUT2D eigenvalue weighted by Crippen LogP contribution is 2.29. The third kappa shape index (κ3) is 3.17. The van der Waals surface area contributed by atoms with Crippen molar-refractivity contribution >= 4 is 23.6 Å². The van der Waals surface area contributed by atoms with Crippen LogP contribution in [-0.4, -0.2) is 52.0 Å². The summed E-state index contributed by atoms with van der Waals surface area (Å²) in [6.45, 7) is 0.674. The molecule has 1 heterocycles. The van der Waals surface area contributed by atoms with Gasteiger partial charge >= 0.3 is 5.97 Å².